The first kappa shape index (κ1) is 13.6. The van der Waals surface area contributed by atoms with Gasteiger partial charge in [-0.25, -0.2) is 0 Å². The molecule has 0 aliphatic heterocycles. The Labute approximate surface area is 117 Å². The van der Waals surface area contributed by atoms with E-state index < -0.39 is 12.1 Å². The molecule has 8 heteroatoms. The second-order valence-corrected chi connectivity index (χ2v) is 5.47. The molecule has 2 heterocycles. The molecule has 1 saturated carbocycles. The van der Waals surface area contributed by atoms with Gasteiger partial charge in [0.2, 0.25) is 0 Å². The molecule has 0 saturated heterocycles. The van der Waals surface area contributed by atoms with Gasteiger partial charge in [-0.2, -0.15) is 22.8 Å². The first-order chi connectivity index (χ1) is 9.45. The molecule has 2 aromatic heterocycles. The predicted octanol–water partition coefficient (Wildman–Crippen LogP) is 3.61. The van der Waals surface area contributed by atoms with Crippen molar-refractivity contribution in [3.05, 3.63) is 23.1 Å². The van der Waals surface area contributed by atoms with Crippen molar-refractivity contribution < 1.29 is 13.2 Å². The zero-order chi connectivity index (χ0) is 14.3. The molecule has 2 atom stereocenters. The summed E-state index contributed by atoms with van der Waals surface area (Å²) < 4.78 is 40.0. The van der Waals surface area contributed by atoms with E-state index in [-0.39, 0.29) is 23.9 Å². The summed E-state index contributed by atoms with van der Waals surface area (Å²) in [6, 6.07) is 3.23. The third kappa shape index (κ3) is 2.46. The molecule has 2 aromatic rings. The summed E-state index contributed by atoms with van der Waals surface area (Å²) in [6.07, 6.45) is -2.72. The third-order valence-electron chi connectivity index (χ3n) is 3.76. The molecule has 20 heavy (non-hydrogen) atoms. The Hall–Kier alpha value is -1.37. The third-order valence-corrected chi connectivity index (χ3v) is 3.96. The van der Waals surface area contributed by atoms with E-state index in [1.54, 1.807) is 12.1 Å². The van der Waals surface area contributed by atoms with Gasteiger partial charge < -0.3 is 0 Å². The number of halogens is 4. The Morgan fingerprint density at radius 2 is 2.00 bits per heavy atom. The van der Waals surface area contributed by atoms with Crippen molar-refractivity contribution in [2.45, 2.75) is 37.8 Å². The Morgan fingerprint density at radius 1 is 1.20 bits per heavy atom. The van der Waals surface area contributed by atoms with Gasteiger partial charge in [-0.15, -0.1) is 10.2 Å². The molecule has 0 amide bonds. The molecule has 1 aliphatic rings. The monoisotopic (exact) mass is 304 g/mol. The largest absolute Gasteiger partial charge is 0.391 e. The Morgan fingerprint density at radius 3 is 2.75 bits per heavy atom. The minimum Gasteiger partial charge on any atom is -0.196 e. The van der Waals surface area contributed by atoms with Gasteiger partial charge in [-0.05, 0) is 31.4 Å². The van der Waals surface area contributed by atoms with E-state index in [2.05, 4.69) is 15.3 Å². The van der Waals surface area contributed by atoms with E-state index in [1.165, 1.54) is 4.52 Å². The smallest absolute Gasteiger partial charge is 0.196 e. The standard InChI is InChI=1S/C12H12ClF3N4/c13-9-4-5-10-17-18-11(20(10)19-9)7-2-1-3-8(6-7)12(14,15)16/h4-5,7-8H,1-3,6H2. The predicted molar refractivity (Wildman–Crippen MR) is 66.5 cm³/mol. The van der Waals surface area contributed by atoms with Crippen molar-refractivity contribution in [2.24, 2.45) is 5.92 Å². The van der Waals surface area contributed by atoms with Crippen LogP contribution >= 0.6 is 11.6 Å². The van der Waals surface area contributed by atoms with Crippen LogP contribution in [-0.2, 0) is 0 Å². The topological polar surface area (TPSA) is 43.1 Å². The van der Waals surface area contributed by atoms with E-state index >= 15 is 0 Å². The van der Waals surface area contributed by atoms with Crippen LogP contribution in [0.15, 0.2) is 12.1 Å². The van der Waals surface area contributed by atoms with Crippen LogP contribution in [0.4, 0.5) is 13.2 Å². The lowest BCUT2D eigenvalue weighted by atomic mass is 9.80. The van der Waals surface area contributed by atoms with Gasteiger partial charge in [0.15, 0.2) is 11.5 Å². The van der Waals surface area contributed by atoms with Crippen molar-refractivity contribution in [1.82, 2.24) is 19.8 Å². The SMILES string of the molecule is FC(F)(F)C1CCCC(c2nnc3ccc(Cl)nn23)C1. The lowest BCUT2D eigenvalue weighted by Crippen LogP contribution is -2.28. The first-order valence-electron chi connectivity index (χ1n) is 6.39. The van der Waals surface area contributed by atoms with Crippen LogP contribution in [0.25, 0.3) is 5.65 Å². The lowest BCUT2D eigenvalue weighted by Gasteiger charge is -2.29. The highest BCUT2D eigenvalue weighted by molar-refractivity contribution is 6.29. The number of hydrogen-bond donors (Lipinski definition) is 0. The molecule has 4 nitrogen and oxygen atoms in total. The molecule has 108 valence electrons. The second-order valence-electron chi connectivity index (χ2n) is 5.09. The molecular weight excluding hydrogens is 293 g/mol. The maximum absolute atomic E-state index is 12.9. The number of nitrogens with zero attached hydrogens (tertiary/aromatic N) is 4. The zero-order valence-corrected chi connectivity index (χ0v) is 11.2. The highest BCUT2D eigenvalue weighted by Gasteiger charge is 2.43. The van der Waals surface area contributed by atoms with E-state index in [4.69, 9.17) is 11.6 Å². The van der Waals surface area contributed by atoms with E-state index in [0.29, 0.717) is 24.3 Å². The summed E-state index contributed by atoms with van der Waals surface area (Å²) in [5.41, 5.74) is 0.499. The van der Waals surface area contributed by atoms with Crippen LogP contribution in [0.3, 0.4) is 0 Å². The van der Waals surface area contributed by atoms with Crippen molar-refractivity contribution in [2.75, 3.05) is 0 Å². The fraction of sp³-hybridized carbons (Fsp3) is 0.583. The van der Waals surface area contributed by atoms with Crippen LogP contribution < -0.4 is 0 Å². The van der Waals surface area contributed by atoms with Crippen LogP contribution in [0, 0.1) is 5.92 Å². The number of hydrogen-bond acceptors (Lipinski definition) is 3. The first-order valence-corrected chi connectivity index (χ1v) is 6.77. The Balaban J connectivity index is 1.92. The maximum Gasteiger partial charge on any atom is 0.391 e. The highest BCUT2D eigenvalue weighted by atomic mass is 35.5. The minimum absolute atomic E-state index is 0.0402. The fourth-order valence-electron chi connectivity index (χ4n) is 2.76. The lowest BCUT2D eigenvalue weighted by molar-refractivity contribution is -0.183. The van der Waals surface area contributed by atoms with E-state index in [9.17, 15) is 13.2 Å². The van der Waals surface area contributed by atoms with Gasteiger partial charge in [0, 0.05) is 5.92 Å². The normalized spacial score (nSPS) is 24.2. The number of alkyl halides is 3. The molecule has 0 spiro atoms. The molecule has 2 unspecified atom stereocenters. The molecule has 0 N–H and O–H groups in total. The van der Waals surface area contributed by atoms with Gasteiger partial charge in [-0.1, -0.05) is 18.0 Å². The van der Waals surface area contributed by atoms with Gasteiger partial charge in [0.1, 0.15) is 5.15 Å². The highest BCUT2D eigenvalue weighted by Crippen LogP contribution is 2.43. The number of aromatic nitrogens is 4. The van der Waals surface area contributed by atoms with E-state index in [0.717, 1.165) is 0 Å². The van der Waals surface area contributed by atoms with Crippen molar-refractivity contribution in [3.63, 3.8) is 0 Å². The van der Waals surface area contributed by atoms with Crippen LogP contribution in [0.5, 0.6) is 0 Å². The summed E-state index contributed by atoms with van der Waals surface area (Å²) in [6.45, 7) is 0. The second kappa shape index (κ2) is 4.87. The quantitative estimate of drug-likeness (QED) is 0.808. The molecular formula is C12H12ClF3N4. The molecule has 1 fully saturated rings. The van der Waals surface area contributed by atoms with Crippen molar-refractivity contribution >= 4 is 17.2 Å². The zero-order valence-electron chi connectivity index (χ0n) is 10.4. The summed E-state index contributed by atoms with van der Waals surface area (Å²) in [5.74, 6) is -1.08. The number of rotatable bonds is 1. The average Bonchev–Trinajstić information content (AvgIpc) is 2.81. The van der Waals surface area contributed by atoms with Gasteiger partial charge >= 0.3 is 6.18 Å². The van der Waals surface area contributed by atoms with Crippen LogP contribution in [-0.4, -0.2) is 26.0 Å². The Bertz CT molecular complexity index is 625. The Kier molecular flexibility index (Phi) is 3.32. The van der Waals surface area contributed by atoms with Crippen LogP contribution in [0.1, 0.15) is 37.4 Å². The average molecular weight is 305 g/mol. The van der Waals surface area contributed by atoms with Gasteiger partial charge in [-0.3, -0.25) is 0 Å². The molecule has 3 rings (SSSR count). The van der Waals surface area contributed by atoms with E-state index in [1.807, 2.05) is 0 Å². The summed E-state index contributed by atoms with van der Waals surface area (Å²) in [7, 11) is 0. The van der Waals surface area contributed by atoms with Crippen molar-refractivity contribution in [1.29, 1.82) is 0 Å². The fourth-order valence-corrected chi connectivity index (χ4v) is 2.90. The molecule has 1 aliphatic carbocycles. The van der Waals surface area contributed by atoms with Crippen molar-refractivity contribution in [3.8, 4) is 0 Å². The molecule has 0 radical (unpaired) electrons. The summed E-state index contributed by atoms with van der Waals surface area (Å²) >= 11 is 5.82. The molecule has 0 aromatic carbocycles. The number of fused-ring (bicyclic) bond motifs is 1. The minimum atomic E-state index is -4.15. The van der Waals surface area contributed by atoms with Crippen LogP contribution in [0.2, 0.25) is 5.15 Å². The van der Waals surface area contributed by atoms with Gasteiger partial charge in [0.05, 0.1) is 5.92 Å². The summed E-state index contributed by atoms with van der Waals surface area (Å²) in [5, 5.41) is 12.3. The molecule has 0 bridgehead atoms. The summed E-state index contributed by atoms with van der Waals surface area (Å²) in [4.78, 5) is 0. The van der Waals surface area contributed by atoms with Gasteiger partial charge in [0.25, 0.3) is 0 Å². The maximum atomic E-state index is 12.9.